The monoisotopic (exact) mass is 300 g/mol. The molecule has 3 nitrogen and oxygen atoms in total. The van der Waals surface area contributed by atoms with E-state index in [1.807, 2.05) is 4.90 Å². The predicted octanol–water partition coefficient (Wildman–Crippen LogP) is 2.69. The highest BCUT2D eigenvalue weighted by Gasteiger charge is 2.35. The number of nitrogens with zero attached hydrogens (tertiary/aromatic N) is 1. The van der Waals surface area contributed by atoms with Crippen LogP contribution in [0.15, 0.2) is 18.2 Å². The van der Waals surface area contributed by atoms with Crippen molar-refractivity contribution in [1.29, 1.82) is 0 Å². The number of fused-ring (bicyclic) bond motifs is 1. The van der Waals surface area contributed by atoms with E-state index in [1.54, 1.807) is 0 Å². The van der Waals surface area contributed by atoms with Crippen LogP contribution < -0.4 is 5.73 Å². The topological polar surface area (TPSA) is 46.3 Å². The van der Waals surface area contributed by atoms with Crippen molar-refractivity contribution in [2.45, 2.75) is 58.4 Å². The molecule has 1 heterocycles. The second kappa shape index (κ2) is 6.04. The van der Waals surface area contributed by atoms with Crippen molar-refractivity contribution in [1.82, 2.24) is 4.90 Å². The van der Waals surface area contributed by atoms with Crippen LogP contribution in [0.2, 0.25) is 0 Å². The molecular formula is C19H28N2O. The van der Waals surface area contributed by atoms with Crippen LogP contribution in [0.4, 0.5) is 0 Å². The smallest absolute Gasteiger partial charge is 0.227 e. The Balaban J connectivity index is 1.67. The van der Waals surface area contributed by atoms with E-state index < -0.39 is 0 Å². The molecule has 1 aliphatic heterocycles. The summed E-state index contributed by atoms with van der Waals surface area (Å²) < 4.78 is 0. The van der Waals surface area contributed by atoms with E-state index in [0.29, 0.717) is 6.42 Å². The minimum atomic E-state index is 0.0176. The van der Waals surface area contributed by atoms with Gasteiger partial charge in [-0.05, 0) is 54.2 Å². The van der Waals surface area contributed by atoms with Crippen molar-refractivity contribution in [3.8, 4) is 0 Å². The fourth-order valence-corrected chi connectivity index (χ4v) is 3.77. The lowest BCUT2D eigenvalue weighted by atomic mass is 9.79. The zero-order valence-electron chi connectivity index (χ0n) is 13.9. The third-order valence-electron chi connectivity index (χ3n) is 5.43. The van der Waals surface area contributed by atoms with Gasteiger partial charge in [-0.25, -0.2) is 0 Å². The highest BCUT2D eigenvalue weighted by Crippen LogP contribution is 2.28. The zero-order valence-corrected chi connectivity index (χ0v) is 13.9. The Morgan fingerprint density at radius 1 is 1.27 bits per heavy atom. The van der Waals surface area contributed by atoms with Gasteiger partial charge in [-0.2, -0.15) is 0 Å². The zero-order chi connectivity index (χ0) is 15.7. The van der Waals surface area contributed by atoms with E-state index in [0.717, 1.165) is 19.5 Å². The highest BCUT2D eigenvalue weighted by molar-refractivity contribution is 5.79. The van der Waals surface area contributed by atoms with Gasteiger partial charge in [0, 0.05) is 19.1 Å². The molecule has 2 aliphatic rings. The summed E-state index contributed by atoms with van der Waals surface area (Å²) in [5.41, 5.74) is 10.3. The van der Waals surface area contributed by atoms with Crippen LogP contribution in [0.5, 0.6) is 0 Å². The highest BCUT2D eigenvalue weighted by atomic mass is 16.2. The van der Waals surface area contributed by atoms with Gasteiger partial charge in [0.1, 0.15) is 0 Å². The molecule has 1 saturated heterocycles. The van der Waals surface area contributed by atoms with Crippen molar-refractivity contribution in [2.75, 3.05) is 13.1 Å². The molecule has 1 aromatic carbocycles. The first-order valence-corrected chi connectivity index (χ1v) is 8.60. The second-order valence-electron chi connectivity index (χ2n) is 7.69. The Hall–Kier alpha value is -1.35. The first-order chi connectivity index (χ1) is 10.5. The van der Waals surface area contributed by atoms with Gasteiger partial charge in [0.15, 0.2) is 0 Å². The van der Waals surface area contributed by atoms with Gasteiger partial charge >= 0.3 is 0 Å². The van der Waals surface area contributed by atoms with E-state index >= 15 is 0 Å². The van der Waals surface area contributed by atoms with Crippen molar-refractivity contribution in [3.63, 3.8) is 0 Å². The lowest BCUT2D eigenvalue weighted by molar-refractivity contribution is -0.133. The van der Waals surface area contributed by atoms with Crippen LogP contribution in [0.1, 0.15) is 49.8 Å². The summed E-state index contributed by atoms with van der Waals surface area (Å²) in [7, 11) is 0. The van der Waals surface area contributed by atoms with Crippen LogP contribution in [-0.2, 0) is 24.1 Å². The first kappa shape index (κ1) is 15.5. The van der Waals surface area contributed by atoms with Crippen molar-refractivity contribution in [3.05, 3.63) is 34.9 Å². The molecule has 1 unspecified atom stereocenters. The van der Waals surface area contributed by atoms with Crippen LogP contribution in [0, 0.1) is 5.41 Å². The van der Waals surface area contributed by atoms with Crippen LogP contribution in [0.25, 0.3) is 0 Å². The molecule has 2 N–H and O–H groups in total. The minimum Gasteiger partial charge on any atom is -0.342 e. The predicted molar refractivity (Wildman–Crippen MR) is 89.7 cm³/mol. The Kier molecular flexibility index (Phi) is 4.26. The van der Waals surface area contributed by atoms with Crippen LogP contribution >= 0.6 is 0 Å². The number of amides is 1. The summed E-state index contributed by atoms with van der Waals surface area (Å²) in [5, 5.41) is 0. The average Bonchev–Trinajstić information content (AvgIpc) is 2.49. The number of carbonyl (C=O) groups is 1. The van der Waals surface area contributed by atoms with E-state index in [2.05, 4.69) is 32.0 Å². The van der Waals surface area contributed by atoms with Gasteiger partial charge in [-0.1, -0.05) is 32.0 Å². The first-order valence-electron chi connectivity index (χ1n) is 8.60. The van der Waals surface area contributed by atoms with E-state index in [1.165, 1.54) is 42.4 Å². The Morgan fingerprint density at radius 2 is 2.00 bits per heavy atom. The van der Waals surface area contributed by atoms with Gasteiger partial charge in [-0.15, -0.1) is 0 Å². The molecule has 3 rings (SSSR count). The molecule has 1 fully saturated rings. The van der Waals surface area contributed by atoms with E-state index in [-0.39, 0.29) is 17.4 Å². The van der Waals surface area contributed by atoms with E-state index in [9.17, 15) is 4.79 Å². The summed E-state index contributed by atoms with van der Waals surface area (Å²) in [5.74, 6) is 0.246. The number of carbonyl (C=O) groups excluding carboxylic acids is 1. The molecule has 22 heavy (non-hydrogen) atoms. The Morgan fingerprint density at radius 3 is 2.73 bits per heavy atom. The molecule has 1 aromatic rings. The number of piperidine rings is 1. The summed E-state index contributed by atoms with van der Waals surface area (Å²) in [6.07, 6.45) is 6.38. The summed E-state index contributed by atoms with van der Waals surface area (Å²) in [6.45, 7) is 5.90. The molecule has 0 saturated carbocycles. The Labute approximate surface area is 133 Å². The number of benzene rings is 1. The van der Waals surface area contributed by atoms with Gasteiger partial charge in [0.05, 0.1) is 6.42 Å². The number of aryl methyl sites for hydroxylation is 2. The molecule has 0 spiro atoms. The number of nitrogens with two attached hydrogens (primary N) is 1. The maximum atomic E-state index is 12.6. The fraction of sp³-hybridized carbons (Fsp3) is 0.632. The molecule has 120 valence electrons. The number of hydrogen-bond acceptors (Lipinski definition) is 2. The molecular weight excluding hydrogens is 272 g/mol. The van der Waals surface area contributed by atoms with E-state index in [4.69, 9.17) is 5.73 Å². The SMILES string of the molecule is CC1(C)CN(C(=O)Cc2ccc3c(c2)CCCC3)CCC1N. The third kappa shape index (κ3) is 3.19. The van der Waals surface area contributed by atoms with Gasteiger partial charge in [-0.3, -0.25) is 4.79 Å². The van der Waals surface area contributed by atoms with Gasteiger partial charge < -0.3 is 10.6 Å². The summed E-state index contributed by atoms with van der Waals surface area (Å²) in [6, 6.07) is 6.82. The number of rotatable bonds is 2. The minimum absolute atomic E-state index is 0.0176. The molecule has 0 radical (unpaired) electrons. The average molecular weight is 300 g/mol. The number of hydrogen-bond donors (Lipinski definition) is 1. The fourth-order valence-electron chi connectivity index (χ4n) is 3.77. The normalized spacial score (nSPS) is 24.0. The molecule has 1 aliphatic carbocycles. The van der Waals surface area contributed by atoms with Crippen molar-refractivity contribution < 1.29 is 4.79 Å². The molecule has 1 atom stereocenters. The maximum Gasteiger partial charge on any atom is 0.227 e. The van der Waals surface area contributed by atoms with Crippen molar-refractivity contribution in [2.24, 2.45) is 11.1 Å². The summed E-state index contributed by atoms with van der Waals surface area (Å²) in [4.78, 5) is 14.6. The molecule has 3 heteroatoms. The third-order valence-corrected chi connectivity index (χ3v) is 5.43. The maximum absolute atomic E-state index is 12.6. The van der Waals surface area contributed by atoms with Gasteiger partial charge in [0.2, 0.25) is 5.91 Å². The van der Waals surface area contributed by atoms with Crippen molar-refractivity contribution >= 4 is 5.91 Å². The van der Waals surface area contributed by atoms with Gasteiger partial charge in [0.25, 0.3) is 0 Å². The lowest BCUT2D eigenvalue weighted by Crippen LogP contribution is -2.54. The van der Waals surface area contributed by atoms with Crippen LogP contribution in [0.3, 0.4) is 0 Å². The quantitative estimate of drug-likeness (QED) is 0.913. The number of likely N-dealkylation sites (tertiary alicyclic amines) is 1. The lowest BCUT2D eigenvalue weighted by Gasteiger charge is -2.42. The van der Waals surface area contributed by atoms with Crippen LogP contribution in [-0.4, -0.2) is 29.9 Å². The Bertz CT molecular complexity index is 565. The summed E-state index contributed by atoms with van der Waals surface area (Å²) >= 11 is 0. The molecule has 1 amide bonds. The molecule has 0 aromatic heterocycles. The largest absolute Gasteiger partial charge is 0.342 e. The standard InChI is InChI=1S/C19H28N2O/c1-19(2)13-21(10-9-17(19)20)18(22)12-14-7-8-15-5-3-4-6-16(15)11-14/h7-8,11,17H,3-6,9-10,12-13,20H2,1-2H3. The molecule has 0 bridgehead atoms. The second-order valence-corrected chi connectivity index (χ2v) is 7.69.